The van der Waals surface area contributed by atoms with Gasteiger partial charge in [-0.3, -0.25) is 4.98 Å². The molecule has 0 amide bonds. The van der Waals surface area contributed by atoms with Crippen LogP contribution in [0.25, 0.3) is 0 Å². The molecule has 18 heavy (non-hydrogen) atoms. The van der Waals surface area contributed by atoms with Crippen molar-refractivity contribution in [3.05, 3.63) is 30.1 Å². The third kappa shape index (κ3) is 7.37. The number of rotatable bonds is 9. The zero-order valence-electron chi connectivity index (χ0n) is 11.9. The molecule has 1 aromatic rings. The lowest BCUT2D eigenvalue weighted by Gasteiger charge is -2.18. The fraction of sp³-hybridized carbons (Fsp3) is 0.643. The summed E-state index contributed by atoms with van der Waals surface area (Å²) in [5.74, 6) is 0. The van der Waals surface area contributed by atoms with Gasteiger partial charge in [0.2, 0.25) is 0 Å². The summed E-state index contributed by atoms with van der Waals surface area (Å²) >= 11 is 0. The van der Waals surface area contributed by atoms with Gasteiger partial charge in [0.05, 0.1) is 5.69 Å². The molecule has 102 valence electrons. The Labute approximate surface area is 111 Å². The molecule has 1 rings (SSSR count). The van der Waals surface area contributed by atoms with E-state index >= 15 is 0 Å². The van der Waals surface area contributed by atoms with Crippen LogP contribution in [-0.4, -0.2) is 62.1 Å². The van der Waals surface area contributed by atoms with Crippen molar-refractivity contribution in [2.24, 2.45) is 0 Å². The fourth-order valence-electron chi connectivity index (χ4n) is 1.76. The van der Waals surface area contributed by atoms with E-state index in [1.807, 2.05) is 24.4 Å². The molecule has 4 nitrogen and oxygen atoms in total. The van der Waals surface area contributed by atoms with Crippen molar-refractivity contribution in [1.29, 1.82) is 0 Å². The van der Waals surface area contributed by atoms with Crippen LogP contribution in [0.2, 0.25) is 0 Å². The maximum absolute atomic E-state index is 4.28. The molecule has 0 aliphatic carbocycles. The van der Waals surface area contributed by atoms with E-state index in [9.17, 15) is 0 Å². The summed E-state index contributed by atoms with van der Waals surface area (Å²) in [5.41, 5.74) is 1.10. The second-order valence-corrected chi connectivity index (χ2v) is 4.96. The van der Waals surface area contributed by atoms with Crippen molar-refractivity contribution in [2.45, 2.75) is 13.0 Å². The van der Waals surface area contributed by atoms with Gasteiger partial charge < -0.3 is 15.1 Å². The first-order valence-corrected chi connectivity index (χ1v) is 6.62. The highest BCUT2D eigenvalue weighted by Gasteiger charge is 1.99. The lowest BCUT2D eigenvalue weighted by atomic mass is 10.3. The summed E-state index contributed by atoms with van der Waals surface area (Å²) in [4.78, 5) is 8.88. The van der Waals surface area contributed by atoms with E-state index in [2.05, 4.69) is 41.2 Å². The maximum atomic E-state index is 4.28. The average molecular weight is 250 g/mol. The van der Waals surface area contributed by atoms with Crippen LogP contribution < -0.4 is 5.32 Å². The number of likely N-dealkylation sites (N-methyl/N-ethyl adjacent to an activating group) is 1. The number of nitrogens with zero attached hydrogens (tertiary/aromatic N) is 3. The second kappa shape index (κ2) is 9.03. The highest BCUT2D eigenvalue weighted by molar-refractivity contribution is 5.02. The molecular formula is C14H26N4. The van der Waals surface area contributed by atoms with Gasteiger partial charge in [-0.25, -0.2) is 0 Å². The third-order valence-corrected chi connectivity index (χ3v) is 2.85. The monoisotopic (exact) mass is 250 g/mol. The Hall–Kier alpha value is -0.970. The summed E-state index contributed by atoms with van der Waals surface area (Å²) in [6.07, 6.45) is 3.06. The Kier molecular flexibility index (Phi) is 7.57. The molecule has 0 aromatic carbocycles. The Morgan fingerprint density at radius 2 is 1.94 bits per heavy atom. The minimum absolute atomic E-state index is 0.854. The molecule has 0 saturated heterocycles. The van der Waals surface area contributed by atoms with Gasteiger partial charge in [0, 0.05) is 25.8 Å². The molecule has 0 bridgehead atoms. The molecule has 1 N–H and O–H groups in total. The van der Waals surface area contributed by atoms with Crippen LogP contribution in [0.5, 0.6) is 0 Å². The van der Waals surface area contributed by atoms with Crippen LogP contribution in [-0.2, 0) is 6.54 Å². The molecule has 0 atom stereocenters. The second-order valence-electron chi connectivity index (χ2n) is 4.96. The van der Waals surface area contributed by atoms with Gasteiger partial charge in [0.1, 0.15) is 0 Å². The zero-order chi connectivity index (χ0) is 13.2. The van der Waals surface area contributed by atoms with E-state index < -0.39 is 0 Å². The standard InChI is InChI=1S/C14H26N4/c1-17(2)10-6-11-18(3)12-9-15-13-14-7-4-5-8-16-14/h4-5,7-8,15H,6,9-13H2,1-3H3. The highest BCUT2D eigenvalue weighted by atomic mass is 15.1. The number of nitrogens with one attached hydrogen (secondary N) is 1. The summed E-state index contributed by atoms with van der Waals surface area (Å²) in [7, 11) is 6.42. The normalized spacial score (nSPS) is 11.4. The Morgan fingerprint density at radius 3 is 2.61 bits per heavy atom. The van der Waals surface area contributed by atoms with E-state index in [0.717, 1.165) is 38.4 Å². The molecule has 1 heterocycles. The SMILES string of the molecule is CN(C)CCCN(C)CCNCc1ccccn1. The van der Waals surface area contributed by atoms with E-state index in [4.69, 9.17) is 0 Å². The molecule has 0 aliphatic rings. The summed E-state index contributed by atoms with van der Waals surface area (Å²) in [5, 5.41) is 3.42. The van der Waals surface area contributed by atoms with Gasteiger partial charge in [0.25, 0.3) is 0 Å². The minimum Gasteiger partial charge on any atom is -0.310 e. The lowest BCUT2D eigenvalue weighted by Crippen LogP contribution is -2.31. The first-order chi connectivity index (χ1) is 8.68. The fourth-order valence-corrected chi connectivity index (χ4v) is 1.76. The van der Waals surface area contributed by atoms with Gasteiger partial charge in [-0.1, -0.05) is 6.07 Å². The summed E-state index contributed by atoms with van der Waals surface area (Å²) in [6, 6.07) is 6.02. The van der Waals surface area contributed by atoms with Gasteiger partial charge in [-0.15, -0.1) is 0 Å². The molecule has 0 fully saturated rings. The van der Waals surface area contributed by atoms with Crippen molar-refractivity contribution >= 4 is 0 Å². The van der Waals surface area contributed by atoms with Gasteiger partial charge in [0.15, 0.2) is 0 Å². The quantitative estimate of drug-likeness (QED) is 0.664. The zero-order valence-corrected chi connectivity index (χ0v) is 11.9. The first kappa shape index (κ1) is 15.1. The number of hydrogen-bond acceptors (Lipinski definition) is 4. The molecule has 0 spiro atoms. The van der Waals surface area contributed by atoms with Gasteiger partial charge in [-0.05, 0) is 52.8 Å². The van der Waals surface area contributed by atoms with E-state index in [-0.39, 0.29) is 0 Å². The van der Waals surface area contributed by atoms with Crippen molar-refractivity contribution in [2.75, 3.05) is 47.3 Å². The van der Waals surface area contributed by atoms with E-state index in [1.54, 1.807) is 0 Å². The maximum Gasteiger partial charge on any atom is 0.0541 e. The van der Waals surface area contributed by atoms with Crippen molar-refractivity contribution in [3.8, 4) is 0 Å². The topological polar surface area (TPSA) is 31.4 Å². The molecule has 0 saturated carbocycles. The minimum atomic E-state index is 0.854. The Morgan fingerprint density at radius 1 is 1.11 bits per heavy atom. The van der Waals surface area contributed by atoms with E-state index in [1.165, 1.54) is 6.42 Å². The predicted molar refractivity (Wildman–Crippen MR) is 76.6 cm³/mol. The van der Waals surface area contributed by atoms with Crippen LogP contribution in [0.4, 0.5) is 0 Å². The Bertz CT molecular complexity index is 300. The van der Waals surface area contributed by atoms with Crippen molar-refractivity contribution < 1.29 is 0 Å². The molecule has 0 radical (unpaired) electrons. The number of hydrogen-bond donors (Lipinski definition) is 1. The first-order valence-electron chi connectivity index (χ1n) is 6.62. The van der Waals surface area contributed by atoms with Crippen LogP contribution in [0.1, 0.15) is 12.1 Å². The smallest absolute Gasteiger partial charge is 0.0541 e. The van der Waals surface area contributed by atoms with Crippen LogP contribution in [0.3, 0.4) is 0 Å². The van der Waals surface area contributed by atoms with Crippen LogP contribution in [0, 0.1) is 0 Å². The molecular weight excluding hydrogens is 224 g/mol. The number of pyridine rings is 1. The average Bonchev–Trinajstić information content (AvgIpc) is 2.35. The molecule has 0 aliphatic heterocycles. The summed E-state index contributed by atoms with van der Waals surface area (Å²) < 4.78 is 0. The van der Waals surface area contributed by atoms with Crippen LogP contribution in [0.15, 0.2) is 24.4 Å². The molecule has 0 unspecified atom stereocenters. The Balaban J connectivity index is 2.00. The summed E-state index contributed by atoms with van der Waals surface area (Å²) in [6.45, 7) is 5.26. The van der Waals surface area contributed by atoms with Gasteiger partial charge >= 0.3 is 0 Å². The highest BCUT2D eigenvalue weighted by Crippen LogP contribution is 1.92. The van der Waals surface area contributed by atoms with Crippen molar-refractivity contribution in [1.82, 2.24) is 20.1 Å². The molecule has 4 heteroatoms. The van der Waals surface area contributed by atoms with Crippen LogP contribution >= 0.6 is 0 Å². The van der Waals surface area contributed by atoms with Gasteiger partial charge in [-0.2, -0.15) is 0 Å². The van der Waals surface area contributed by atoms with Crippen molar-refractivity contribution in [3.63, 3.8) is 0 Å². The molecule has 1 aromatic heterocycles. The van der Waals surface area contributed by atoms with E-state index in [0.29, 0.717) is 0 Å². The predicted octanol–water partition coefficient (Wildman–Crippen LogP) is 1.05. The lowest BCUT2D eigenvalue weighted by molar-refractivity contribution is 0.299. The number of aromatic nitrogens is 1. The largest absolute Gasteiger partial charge is 0.310 e. The third-order valence-electron chi connectivity index (χ3n) is 2.85.